The molecule has 6 nitrogen and oxygen atoms in total. The van der Waals surface area contributed by atoms with Gasteiger partial charge in [0.1, 0.15) is 5.58 Å². The van der Waals surface area contributed by atoms with Gasteiger partial charge in [-0.1, -0.05) is 24.3 Å². The lowest BCUT2D eigenvalue weighted by Crippen LogP contribution is -2.25. The molecular formula is C24H24N2O4. The second kappa shape index (κ2) is 8.53. The number of hydrogen-bond acceptors (Lipinski definition) is 4. The van der Waals surface area contributed by atoms with E-state index < -0.39 is 5.63 Å². The topological polar surface area (TPSA) is 88.4 Å². The lowest BCUT2D eigenvalue weighted by Gasteiger charge is -2.09. The van der Waals surface area contributed by atoms with Crippen molar-refractivity contribution >= 4 is 28.5 Å². The summed E-state index contributed by atoms with van der Waals surface area (Å²) in [4.78, 5) is 36.1. The molecule has 4 rings (SSSR count). The number of nitrogens with one attached hydrogen (secondary N) is 2. The fourth-order valence-electron chi connectivity index (χ4n) is 3.40. The molecule has 1 saturated carbocycles. The number of hydrogen-bond donors (Lipinski definition) is 2. The minimum Gasteiger partial charge on any atom is -0.423 e. The van der Waals surface area contributed by atoms with E-state index in [9.17, 15) is 14.4 Å². The van der Waals surface area contributed by atoms with Gasteiger partial charge in [-0.15, -0.1) is 0 Å². The third-order valence-electron chi connectivity index (χ3n) is 5.16. The Hall–Kier alpha value is -3.41. The average molecular weight is 404 g/mol. The number of aryl methyl sites for hydroxylation is 2. The fourth-order valence-corrected chi connectivity index (χ4v) is 3.40. The maximum Gasteiger partial charge on any atom is 0.336 e. The second-order valence-corrected chi connectivity index (χ2v) is 7.85. The molecule has 3 aromatic rings. The summed E-state index contributed by atoms with van der Waals surface area (Å²) in [7, 11) is 0. The Kier molecular flexibility index (Phi) is 5.65. The van der Waals surface area contributed by atoms with E-state index in [1.807, 2.05) is 43.3 Å². The van der Waals surface area contributed by atoms with Crippen molar-refractivity contribution in [2.45, 2.75) is 45.1 Å². The van der Waals surface area contributed by atoms with Gasteiger partial charge in [0.05, 0.1) is 6.42 Å². The number of amides is 2. The molecule has 1 heterocycles. The van der Waals surface area contributed by atoms with Crippen LogP contribution < -0.4 is 16.3 Å². The van der Waals surface area contributed by atoms with Crippen LogP contribution in [0.4, 0.5) is 5.69 Å². The summed E-state index contributed by atoms with van der Waals surface area (Å²) >= 11 is 0. The zero-order valence-electron chi connectivity index (χ0n) is 16.9. The number of rotatable bonds is 7. The molecule has 0 unspecified atom stereocenters. The number of carbonyl (C=O) groups is 2. The minimum atomic E-state index is -0.467. The Morgan fingerprint density at radius 3 is 2.53 bits per heavy atom. The van der Waals surface area contributed by atoms with Gasteiger partial charge in [0.2, 0.25) is 11.8 Å². The van der Waals surface area contributed by atoms with Crippen molar-refractivity contribution in [1.82, 2.24) is 5.32 Å². The van der Waals surface area contributed by atoms with E-state index in [-0.39, 0.29) is 18.2 Å². The van der Waals surface area contributed by atoms with Crippen molar-refractivity contribution in [2.75, 3.05) is 5.32 Å². The summed E-state index contributed by atoms with van der Waals surface area (Å²) in [6, 6.07) is 14.8. The van der Waals surface area contributed by atoms with Gasteiger partial charge < -0.3 is 15.1 Å². The Bertz CT molecular complexity index is 1140. The summed E-state index contributed by atoms with van der Waals surface area (Å²) < 4.78 is 5.24. The number of fused-ring (bicyclic) bond motifs is 1. The van der Waals surface area contributed by atoms with Crippen molar-refractivity contribution in [3.8, 4) is 0 Å². The smallest absolute Gasteiger partial charge is 0.336 e. The van der Waals surface area contributed by atoms with E-state index in [0.717, 1.165) is 29.4 Å². The lowest BCUT2D eigenvalue weighted by atomic mass is 10.1. The van der Waals surface area contributed by atoms with Gasteiger partial charge in [-0.2, -0.15) is 0 Å². The normalized spacial score (nSPS) is 13.2. The zero-order valence-corrected chi connectivity index (χ0v) is 16.9. The van der Waals surface area contributed by atoms with Crippen LogP contribution in [0.3, 0.4) is 0 Å². The maximum atomic E-state index is 12.5. The lowest BCUT2D eigenvalue weighted by molar-refractivity contribution is -0.121. The first-order chi connectivity index (χ1) is 14.5. The molecule has 1 aliphatic carbocycles. The van der Waals surface area contributed by atoms with Gasteiger partial charge in [0.15, 0.2) is 0 Å². The monoisotopic (exact) mass is 404 g/mol. The summed E-state index contributed by atoms with van der Waals surface area (Å²) in [5.74, 6) is -0.122. The fraction of sp³-hybridized carbons (Fsp3) is 0.292. The van der Waals surface area contributed by atoms with E-state index in [0.29, 0.717) is 35.7 Å². The number of carbonyl (C=O) groups excluding carboxylic acids is 2. The van der Waals surface area contributed by atoms with Crippen LogP contribution in [0.15, 0.2) is 57.7 Å². The molecule has 2 N–H and O–H groups in total. The predicted molar refractivity (Wildman–Crippen MR) is 115 cm³/mol. The molecular weight excluding hydrogens is 380 g/mol. The first-order valence-corrected chi connectivity index (χ1v) is 10.2. The Morgan fingerprint density at radius 1 is 1.03 bits per heavy atom. The van der Waals surface area contributed by atoms with E-state index in [1.165, 1.54) is 6.07 Å². The molecule has 1 aromatic heterocycles. The molecule has 1 fully saturated rings. The van der Waals surface area contributed by atoms with Crippen LogP contribution >= 0.6 is 0 Å². The molecule has 2 aromatic carbocycles. The summed E-state index contributed by atoms with van der Waals surface area (Å²) in [5.41, 5.74) is 3.36. The zero-order chi connectivity index (χ0) is 21.1. The Labute approximate surface area is 174 Å². The first-order valence-electron chi connectivity index (χ1n) is 10.2. The van der Waals surface area contributed by atoms with Crippen LogP contribution in [-0.2, 0) is 22.4 Å². The molecule has 2 amide bonds. The van der Waals surface area contributed by atoms with E-state index in [2.05, 4.69) is 10.6 Å². The second-order valence-electron chi connectivity index (χ2n) is 7.85. The number of anilines is 1. The third kappa shape index (κ3) is 5.14. The standard InChI is InChI=1S/C24H24N2O4/c1-15-2-10-20-17(14-24(29)30-21(20)12-15)13-23(28)26-18-6-3-16(4-7-18)5-11-22(27)25-19-8-9-19/h2-4,6-7,10,12,14,19H,5,8-9,11,13H2,1H3,(H,25,27)(H,26,28). The molecule has 0 saturated heterocycles. The molecule has 0 radical (unpaired) electrons. The van der Waals surface area contributed by atoms with Crippen LogP contribution in [0.1, 0.15) is 36.0 Å². The summed E-state index contributed by atoms with van der Waals surface area (Å²) in [6.45, 7) is 1.92. The Morgan fingerprint density at radius 2 is 1.80 bits per heavy atom. The molecule has 0 spiro atoms. The van der Waals surface area contributed by atoms with Gasteiger partial charge in [-0.05, 0) is 61.1 Å². The first kappa shape index (κ1) is 19.9. The van der Waals surface area contributed by atoms with Gasteiger partial charge in [0, 0.05) is 29.6 Å². The van der Waals surface area contributed by atoms with Crippen molar-refractivity contribution in [2.24, 2.45) is 0 Å². The van der Waals surface area contributed by atoms with Crippen molar-refractivity contribution in [1.29, 1.82) is 0 Å². The largest absolute Gasteiger partial charge is 0.423 e. The van der Waals surface area contributed by atoms with Gasteiger partial charge in [0.25, 0.3) is 0 Å². The minimum absolute atomic E-state index is 0.0776. The van der Waals surface area contributed by atoms with Gasteiger partial charge in [-0.25, -0.2) is 4.79 Å². The highest BCUT2D eigenvalue weighted by molar-refractivity contribution is 5.95. The van der Waals surface area contributed by atoms with Crippen molar-refractivity contribution in [3.63, 3.8) is 0 Å². The van der Waals surface area contributed by atoms with Gasteiger partial charge in [-0.3, -0.25) is 9.59 Å². The van der Waals surface area contributed by atoms with Crippen molar-refractivity contribution < 1.29 is 14.0 Å². The summed E-state index contributed by atoms with van der Waals surface area (Å²) in [6.07, 6.45) is 3.38. The quantitative estimate of drug-likeness (QED) is 0.590. The molecule has 0 atom stereocenters. The van der Waals surface area contributed by atoms with Crippen LogP contribution in [0.5, 0.6) is 0 Å². The van der Waals surface area contributed by atoms with E-state index in [4.69, 9.17) is 4.42 Å². The molecule has 0 aliphatic heterocycles. The van der Waals surface area contributed by atoms with Crippen molar-refractivity contribution in [3.05, 3.63) is 75.6 Å². The van der Waals surface area contributed by atoms with Crippen LogP contribution in [0, 0.1) is 6.92 Å². The maximum absolute atomic E-state index is 12.5. The Balaban J connectivity index is 1.36. The van der Waals surface area contributed by atoms with Gasteiger partial charge >= 0.3 is 5.63 Å². The highest BCUT2D eigenvalue weighted by Crippen LogP contribution is 2.20. The summed E-state index contributed by atoms with van der Waals surface area (Å²) in [5, 5.41) is 6.60. The van der Waals surface area contributed by atoms with Crippen LogP contribution in [-0.4, -0.2) is 17.9 Å². The molecule has 6 heteroatoms. The van der Waals surface area contributed by atoms with E-state index >= 15 is 0 Å². The highest BCUT2D eigenvalue weighted by atomic mass is 16.4. The number of benzene rings is 2. The molecule has 0 bridgehead atoms. The molecule has 154 valence electrons. The van der Waals surface area contributed by atoms with E-state index in [1.54, 1.807) is 6.07 Å². The third-order valence-corrected chi connectivity index (χ3v) is 5.16. The SMILES string of the molecule is Cc1ccc2c(CC(=O)Nc3ccc(CCC(=O)NC4CC4)cc3)cc(=O)oc2c1. The van der Waals surface area contributed by atoms with Crippen LogP contribution in [0.2, 0.25) is 0 Å². The average Bonchev–Trinajstić information content (AvgIpc) is 3.51. The van der Waals surface area contributed by atoms with Crippen LogP contribution in [0.25, 0.3) is 11.0 Å². The molecule has 30 heavy (non-hydrogen) atoms. The predicted octanol–water partition coefficient (Wildman–Crippen LogP) is 3.49. The highest BCUT2D eigenvalue weighted by Gasteiger charge is 2.22. The molecule has 1 aliphatic rings.